The Kier molecular flexibility index (Phi) is 7.36. The third-order valence-corrected chi connectivity index (χ3v) is 6.66. The Balaban J connectivity index is 1.38. The van der Waals surface area contributed by atoms with Crippen LogP contribution >= 0.6 is 0 Å². The maximum absolute atomic E-state index is 12.3. The zero-order valence-electron chi connectivity index (χ0n) is 19.1. The molecule has 2 aliphatic heterocycles. The van der Waals surface area contributed by atoms with Crippen molar-refractivity contribution in [1.29, 1.82) is 5.26 Å². The Morgan fingerprint density at radius 3 is 2.42 bits per heavy atom. The molecule has 4 rings (SSSR count). The number of ether oxygens (including phenoxy) is 1. The molecule has 33 heavy (non-hydrogen) atoms. The molecule has 2 saturated heterocycles. The minimum Gasteiger partial charge on any atom is -0.508 e. The number of hydrogen-bond acceptors (Lipinski definition) is 5. The molecule has 0 spiro atoms. The summed E-state index contributed by atoms with van der Waals surface area (Å²) >= 11 is 0. The second kappa shape index (κ2) is 10.6. The van der Waals surface area contributed by atoms with Crippen LogP contribution in [0, 0.1) is 11.3 Å². The van der Waals surface area contributed by atoms with Gasteiger partial charge in [0.2, 0.25) is 0 Å². The van der Waals surface area contributed by atoms with Crippen molar-refractivity contribution in [3.8, 4) is 17.6 Å². The third-order valence-electron chi connectivity index (χ3n) is 6.66. The lowest BCUT2D eigenvalue weighted by molar-refractivity contribution is 0.0775. The fraction of sp³-hybridized carbons (Fsp3) is 0.462. The van der Waals surface area contributed by atoms with Crippen molar-refractivity contribution >= 4 is 6.03 Å². The van der Waals surface area contributed by atoms with Crippen molar-refractivity contribution < 1.29 is 14.6 Å². The molecular formula is C26H32N4O3. The van der Waals surface area contributed by atoms with E-state index in [1.807, 2.05) is 36.1 Å². The predicted molar refractivity (Wildman–Crippen MR) is 126 cm³/mol. The number of piperazine rings is 1. The van der Waals surface area contributed by atoms with Gasteiger partial charge in [-0.2, -0.15) is 5.26 Å². The number of carbonyl (C=O) groups excluding carboxylic acids is 1. The Labute approximate surface area is 195 Å². The van der Waals surface area contributed by atoms with Crippen molar-refractivity contribution in [1.82, 2.24) is 15.1 Å². The summed E-state index contributed by atoms with van der Waals surface area (Å²) in [5.74, 6) is 0.914. The first kappa shape index (κ1) is 22.9. The molecule has 3 atom stereocenters. The van der Waals surface area contributed by atoms with Crippen LogP contribution in [0.25, 0.3) is 0 Å². The van der Waals surface area contributed by atoms with E-state index in [0.29, 0.717) is 29.9 Å². The number of nitrogens with zero attached hydrogens (tertiary/aromatic N) is 3. The smallest absolute Gasteiger partial charge is 0.317 e. The van der Waals surface area contributed by atoms with E-state index >= 15 is 0 Å². The van der Waals surface area contributed by atoms with Gasteiger partial charge in [0.05, 0.1) is 11.6 Å². The summed E-state index contributed by atoms with van der Waals surface area (Å²) in [7, 11) is 0. The van der Waals surface area contributed by atoms with E-state index in [0.717, 1.165) is 50.9 Å². The molecule has 7 nitrogen and oxygen atoms in total. The number of nitriles is 1. The van der Waals surface area contributed by atoms with E-state index in [9.17, 15) is 9.90 Å². The van der Waals surface area contributed by atoms with Crippen LogP contribution in [0.15, 0.2) is 48.5 Å². The molecule has 2 aromatic carbocycles. The summed E-state index contributed by atoms with van der Waals surface area (Å²) in [5.41, 5.74) is 1.66. The lowest BCUT2D eigenvalue weighted by atomic mass is 10.0. The van der Waals surface area contributed by atoms with Crippen LogP contribution in [0.3, 0.4) is 0 Å². The maximum atomic E-state index is 12.3. The van der Waals surface area contributed by atoms with Gasteiger partial charge in [-0.3, -0.25) is 4.90 Å². The molecule has 174 valence electrons. The molecule has 0 radical (unpaired) electrons. The first-order valence-corrected chi connectivity index (χ1v) is 11.8. The summed E-state index contributed by atoms with van der Waals surface area (Å²) in [6.45, 7) is 5.18. The van der Waals surface area contributed by atoms with Gasteiger partial charge >= 0.3 is 6.03 Å². The number of likely N-dealkylation sites (tertiary alicyclic amines) is 1. The van der Waals surface area contributed by atoms with Gasteiger partial charge in [0.1, 0.15) is 17.6 Å². The number of urea groups is 1. The van der Waals surface area contributed by atoms with Gasteiger partial charge in [-0.15, -0.1) is 0 Å². The predicted octanol–water partition coefficient (Wildman–Crippen LogP) is 4.04. The van der Waals surface area contributed by atoms with E-state index < -0.39 is 0 Å². The van der Waals surface area contributed by atoms with Crippen molar-refractivity contribution in [2.75, 3.05) is 26.2 Å². The fourth-order valence-corrected chi connectivity index (χ4v) is 5.00. The monoisotopic (exact) mass is 448 g/mol. The fourth-order valence-electron chi connectivity index (χ4n) is 5.00. The highest BCUT2D eigenvalue weighted by Gasteiger charge is 2.40. The molecule has 2 fully saturated rings. The van der Waals surface area contributed by atoms with Gasteiger partial charge in [0.15, 0.2) is 0 Å². The lowest BCUT2D eigenvalue weighted by Gasteiger charge is -2.41. The third kappa shape index (κ3) is 5.58. The minimum atomic E-state index is -0.142. The summed E-state index contributed by atoms with van der Waals surface area (Å²) in [6, 6.07) is 17.4. The van der Waals surface area contributed by atoms with Gasteiger partial charge in [-0.05, 0) is 81.1 Å². The quantitative estimate of drug-likeness (QED) is 0.636. The molecule has 0 aliphatic carbocycles. The number of phenols is 1. The largest absolute Gasteiger partial charge is 0.508 e. The molecule has 2 aliphatic rings. The Bertz CT molecular complexity index is 957. The molecule has 2 N–H and O–H groups in total. The molecule has 2 bridgehead atoms. The van der Waals surface area contributed by atoms with Crippen LogP contribution in [0.1, 0.15) is 49.8 Å². The number of rotatable bonds is 8. The second-order valence-corrected chi connectivity index (χ2v) is 8.84. The van der Waals surface area contributed by atoms with E-state index in [1.54, 1.807) is 24.3 Å². The molecule has 2 aromatic rings. The molecule has 2 heterocycles. The normalized spacial score (nSPS) is 20.8. The molecule has 0 saturated carbocycles. The number of amides is 2. The summed E-state index contributed by atoms with van der Waals surface area (Å²) < 4.78 is 6.29. The minimum absolute atomic E-state index is 0.0530. The summed E-state index contributed by atoms with van der Waals surface area (Å²) in [6.07, 6.45) is 3.95. The molecule has 3 unspecified atom stereocenters. The van der Waals surface area contributed by atoms with Gasteiger partial charge in [0, 0.05) is 31.7 Å². The molecule has 2 amide bonds. The SMILES string of the molecule is CCNC(=O)N1CC2CCC(C1)N2CCCC(Oc1ccc(O)cc1)c1ccc(C#N)cc1. The Hall–Kier alpha value is -3.24. The summed E-state index contributed by atoms with van der Waals surface area (Å²) in [5, 5.41) is 21.6. The number of fused-ring (bicyclic) bond motifs is 2. The molecule has 0 aromatic heterocycles. The first-order chi connectivity index (χ1) is 16.1. The average Bonchev–Trinajstić information content (AvgIpc) is 3.06. The van der Waals surface area contributed by atoms with E-state index in [-0.39, 0.29) is 17.9 Å². The topological polar surface area (TPSA) is 88.8 Å². The van der Waals surface area contributed by atoms with Gasteiger partial charge < -0.3 is 20.1 Å². The van der Waals surface area contributed by atoms with Crippen LogP contribution in [0.5, 0.6) is 11.5 Å². The number of phenolic OH excluding ortho intramolecular Hbond substituents is 1. The van der Waals surface area contributed by atoms with Crippen molar-refractivity contribution in [3.05, 3.63) is 59.7 Å². The van der Waals surface area contributed by atoms with E-state index in [1.165, 1.54) is 0 Å². The van der Waals surface area contributed by atoms with Gasteiger partial charge in [-0.25, -0.2) is 4.79 Å². The number of hydrogen-bond donors (Lipinski definition) is 2. The molecular weight excluding hydrogens is 416 g/mol. The standard InChI is InChI=1S/C26H32N4O3/c1-2-28-26(32)29-17-21-9-10-22(18-29)30(21)15-3-4-25(20-7-5-19(16-27)6-8-20)33-24-13-11-23(31)12-14-24/h5-8,11-14,21-22,25,31H,2-4,9-10,15,17-18H2,1H3,(H,28,32). The van der Waals surface area contributed by atoms with Crippen LogP contribution in [0.2, 0.25) is 0 Å². The number of benzene rings is 2. The van der Waals surface area contributed by atoms with Crippen LogP contribution in [-0.2, 0) is 0 Å². The Morgan fingerprint density at radius 2 is 1.82 bits per heavy atom. The van der Waals surface area contributed by atoms with Gasteiger partial charge in [-0.1, -0.05) is 12.1 Å². The number of nitrogens with one attached hydrogen (secondary N) is 1. The van der Waals surface area contributed by atoms with Crippen LogP contribution < -0.4 is 10.1 Å². The highest BCUT2D eigenvalue weighted by molar-refractivity contribution is 5.74. The molecule has 7 heteroatoms. The van der Waals surface area contributed by atoms with Crippen LogP contribution in [-0.4, -0.2) is 59.2 Å². The van der Waals surface area contributed by atoms with Crippen molar-refractivity contribution in [3.63, 3.8) is 0 Å². The van der Waals surface area contributed by atoms with Crippen molar-refractivity contribution in [2.45, 2.75) is 50.8 Å². The van der Waals surface area contributed by atoms with E-state index in [2.05, 4.69) is 16.3 Å². The first-order valence-electron chi connectivity index (χ1n) is 11.8. The zero-order chi connectivity index (χ0) is 23.2. The highest BCUT2D eigenvalue weighted by atomic mass is 16.5. The van der Waals surface area contributed by atoms with Crippen molar-refractivity contribution in [2.24, 2.45) is 0 Å². The van der Waals surface area contributed by atoms with Gasteiger partial charge in [0.25, 0.3) is 0 Å². The highest BCUT2D eigenvalue weighted by Crippen LogP contribution is 2.32. The zero-order valence-corrected chi connectivity index (χ0v) is 19.1. The Morgan fingerprint density at radius 1 is 1.15 bits per heavy atom. The number of aromatic hydroxyl groups is 1. The lowest BCUT2D eigenvalue weighted by Crippen LogP contribution is -2.57. The maximum Gasteiger partial charge on any atom is 0.317 e. The number of carbonyl (C=O) groups is 1. The summed E-state index contributed by atoms with van der Waals surface area (Å²) in [4.78, 5) is 16.8. The average molecular weight is 449 g/mol. The van der Waals surface area contributed by atoms with Crippen LogP contribution in [0.4, 0.5) is 4.79 Å². The second-order valence-electron chi connectivity index (χ2n) is 8.84. The van der Waals surface area contributed by atoms with E-state index in [4.69, 9.17) is 10.00 Å².